The third kappa shape index (κ3) is 5.92. The summed E-state index contributed by atoms with van der Waals surface area (Å²) in [6.07, 6.45) is -5.46. The Labute approximate surface area is 116 Å². The number of halogens is 5. The Morgan fingerprint density at radius 2 is 2.06 bits per heavy atom. The molecule has 0 N–H and O–H groups in total. The summed E-state index contributed by atoms with van der Waals surface area (Å²) in [6.45, 7) is -0.330. The summed E-state index contributed by atoms with van der Waals surface area (Å²) < 4.78 is 41.7. The number of hydrogen-bond donors (Lipinski definition) is 0. The van der Waals surface area contributed by atoms with Crippen molar-refractivity contribution in [2.24, 2.45) is 0 Å². The minimum absolute atomic E-state index is 0.330. The monoisotopic (exact) mass is 378 g/mol. The first-order valence-electron chi connectivity index (χ1n) is 4.92. The Morgan fingerprint density at radius 1 is 1.35 bits per heavy atom. The molecule has 1 aromatic carbocycles. The molecule has 0 amide bonds. The molecule has 0 spiro atoms. The summed E-state index contributed by atoms with van der Waals surface area (Å²) in [6, 6.07) is 6.97. The van der Waals surface area contributed by atoms with Crippen LogP contribution < -0.4 is 0 Å². The fraction of sp³-hybridized carbons (Fsp3) is 0.455. The first-order chi connectivity index (χ1) is 7.92. The number of alkyl halides is 4. The van der Waals surface area contributed by atoms with Gasteiger partial charge in [0.05, 0.1) is 19.1 Å². The van der Waals surface area contributed by atoms with Crippen molar-refractivity contribution in [2.75, 3.05) is 11.0 Å². The Bertz CT molecular complexity index is 357. The Morgan fingerprint density at radius 3 is 2.59 bits per heavy atom. The van der Waals surface area contributed by atoms with Crippen LogP contribution in [0.2, 0.25) is 5.02 Å². The lowest BCUT2D eigenvalue weighted by molar-refractivity contribution is -0.148. The second kappa shape index (κ2) is 6.80. The van der Waals surface area contributed by atoms with Crippen molar-refractivity contribution in [3.63, 3.8) is 0 Å². The molecule has 0 aliphatic carbocycles. The maximum atomic E-state index is 12.0. The predicted octanol–water partition coefficient (Wildman–Crippen LogP) is 4.79. The molecule has 6 heteroatoms. The minimum Gasteiger partial charge on any atom is -0.372 e. The molecular weight excluding hydrogens is 367 g/mol. The molecule has 1 nitrogen and oxygen atoms in total. The van der Waals surface area contributed by atoms with Crippen molar-refractivity contribution in [1.29, 1.82) is 0 Å². The number of ether oxygens (including phenoxy) is 1. The predicted molar refractivity (Wildman–Crippen MR) is 69.7 cm³/mol. The third-order valence-electron chi connectivity index (χ3n) is 2.07. The topological polar surface area (TPSA) is 9.23 Å². The van der Waals surface area contributed by atoms with Crippen LogP contribution in [-0.2, 0) is 4.74 Å². The zero-order valence-electron chi connectivity index (χ0n) is 8.81. The van der Waals surface area contributed by atoms with Gasteiger partial charge in [0.2, 0.25) is 0 Å². The molecule has 0 fully saturated rings. The molecule has 17 heavy (non-hydrogen) atoms. The van der Waals surface area contributed by atoms with Crippen LogP contribution in [0.1, 0.15) is 18.1 Å². The molecule has 0 aliphatic rings. The highest BCUT2D eigenvalue weighted by atomic mass is 127. The van der Waals surface area contributed by atoms with Crippen molar-refractivity contribution >= 4 is 34.2 Å². The van der Waals surface area contributed by atoms with Crippen LogP contribution in [0.5, 0.6) is 0 Å². The van der Waals surface area contributed by atoms with Gasteiger partial charge in [0.25, 0.3) is 0 Å². The third-order valence-corrected chi connectivity index (χ3v) is 3.10. The number of benzene rings is 1. The first kappa shape index (κ1) is 15.0. The summed E-state index contributed by atoms with van der Waals surface area (Å²) in [5.41, 5.74) is 0.800. The van der Waals surface area contributed by atoms with E-state index in [4.69, 9.17) is 16.3 Å². The van der Waals surface area contributed by atoms with Gasteiger partial charge in [0, 0.05) is 9.45 Å². The first-order valence-corrected chi connectivity index (χ1v) is 6.82. The van der Waals surface area contributed by atoms with E-state index in [0.717, 1.165) is 5.56 Å². The molecule has 0 aliphatic heterocycles. The van der Waals surface area contributed by atoms with E-state index in [2.05, 4.69) is 22.6 Å². The molecule has 0 heterocycles. The van der Waals surface area contributed by atoms with Crippen LogP contribution in [0, 0.1) is 0 Å². The van der Waals surface area contributed by atoms with Gasteiger partial charge >= 0.3 is 6.18 Å². The average Bonchev–Trinajstić information content (AvgIpc) is 2.23. The summed E-state index contributed by atoms with van der Waals surface area (Å²) in [4.78, 5) is 0. The molecule has 1 aromatic rings. The Hall–Kier alpha value is -0.0100. The number of hydrogen-bond acceptors (Lipinski definition) is 1. The lowest BCUT2D eigenvalue weighted by atomic mass is 10.1. The fourth-order valence-corrected chi connectivity index (χ4v) is 2.22. The van der Waals surface area contributed by atoms with Gasteiger partial charge in [-0.2, -0.15) is 13.2 Å². The van der Waals surface area contributed by atoms with Crippen molar-refractivity contribution in [1.82, 2.24) is 0 Å². The molecule has 0 saturated carbocycles. The summed E-state index contributed by atoms with van der Waals surface area (Å²) >= 11 is 7.89. The van der Waals surface area contributed by atoms with Gasteiger partial charge < -0.3 is 4.74 Å². The zero-order valence-corrected chi connectivity index (χ0v) is 11.7. The largest absolute Gasteiger partial charge is 0.391 e. The molecular formula is C11H11ClF3IO. The maximum Gasteiger partial charge on any atom is 0.391 e. The SMILES string of the molecule is FC(F)(F)CCOC(CI)c1cccc(Cl)c1. The molecule has 1 unspecified atom stereocenters. The van der Waals surface area contributed by atoms with E-state index in [0.29, 0.717) is 9.45 Å². The smallest absolute Gasteiger partial charge is 0.372 e. The molecule has 0 saturated heterocycles. The van der Waals surface area contributed by atoms with Gasteiger partial charge in [-0.15, -0.1) is 0 Å². The van der Waals surface area contributed by atoms with Crippen molar-refractivity contribution in [3.8, 4) is 0 Å². The highest BCUT2D eigenvalue weighted by molar-refractivity contribution is 14.1. The molecule has 1 atom stereocenters. The Balaban J connectivity index is 2.54. The number of rotatable bonds is 5. The normalized spacial score (nSPS) is 13.7. The van der Waals surface area contributed by atoms with Crippen LogP contribution in [0.15, 0.2) is 24.3 Å². The summed E-state index contributed by atoms with van der Waals surface area (Å²) in [5, 5.41) is 0.553. The van der Waals surface area contributed by atoms with E-state index in [9.17, 15) is 13.2 Å². The fourth-order valence-electron chi connectivity index (χ4n) is 1.25. The van der Waals surface area contributed by atoms with Crippen molar-refractivity contribution in [2.45, 2.75) is 18.7 Å². The van der Waals surface area contributed by atoms with Gasteiger partial charge in [-0.3, -0.25) is 0 Å². The van der Waals surface area contributed by atoms with Gasteiger partial charge in [0.15, 0.2) is 0 Å². The maximum absolute atomic E-state index is 12.0. The van der Waals surface area contributed by atoms with E-state index in [1.165, 1.54) is 0 Å². The lowest BCUT2D eigenvalue weighted by Crippen LogP contribution is -2.14. The summed E-state index contributed by atoms with van der Waals surface area (Å²) in [5.74, 6) is 0. The van der Waals surface area contributed by atoms with Gasteiger partial charge in [0.1, 0.15) is 0 Å². The highest BCUT2D eigenvalue weighted by Gasteiger charge is 2.27. The lowest BCUT2D eigenvalue weighted by Gasteiger charge is -2.16. The van der Waals surface area contributed by atoms with E-state index in [-0.39, 0.29) is 12.7 Å². The van der Waals surface area contributed by atoms with E-state index in [1.54, 1.807) is 24.3 Å². The van der Waals surface area contributed by atoms with Crippen LogP contribution in [0.25, 0.3) is 0 Å². The standard InChI is InChI=1S/C11H11ClF3IO/c12-9-3-1-2-8(6-9)10(7-16)17-5-4-11(13,14)15/h1-3,6,10H,4-5,7H2. The minimum atomic E-state index is -4.18. The van der Waals surface area contributed by atoms with Crippen LogP contribution in [0.4, 0.5) is 13.2 Å². The van der Waals surface area contributed by atoms with Crippen molar-refractivity contribution in [3.05, 3.63) is 34.9 Å². The van der Waals surface area contributed by atoms with Crippen molar-refractivity contribution < 1.29 is 17.9 Å². The van der Waals surface area contributed by atoms with Gasteiger partial charge in [-0.1, -0.05) is 46.3 Å². The van der Waals surface area contributed by atoms with Crippen LogP contribution in [-0.4, -0.2) is 17.2 Å². The van der Waals surface area contributed by atoms with Gasteiger partial charge in [-0.05, 0) is 17.7 Å². The van der Waals surface area contributed by atoms with E-state index < -0.39 is 12.6 Å². The molecule has 0 bridgehead atoms. The van der Waals surface area contributed by atoms with Gasteiger partial charge in [-0.25, -0.2) is 0 Å². The second-order valence-corrected chi connectivity index (χ2v) is 4.75. The van der Waals surface area contributed by atoms with Crippen LogP contribution in [0.3, 0.4) is 0 Å². The zero-order chi connectivity index (χ0) is 12.9. The summed E-state index contributed by atoms with van der Waals surface area (Å²) in [7, 11) is 0. The molecule has 0 aromatic heterocycles. The molecule has 96 valence electrons. The van der Waals surface area contributed by atoms with Crippen LogP contribution >= 0.6 is 34.2 Å². The molecule has 1 rings (SSSR count). The average molecular weight is 379 g/mol. The highest BCUT2D eigenvalue weighted by Crippen LogP contribution is 2.25. The molecule has 0 radical (unpaired) electrons. The quantitative estimate of drug-likeness (QED) is 0.529. The van der Waals surface area contributed by atoms with E-state index >= 15 is 0 Å². The Kier molecular flexibility index (Phi) is 6.02. The van der Waals surface area contributed by atoms with E-state index in [1.807, 2.05) is 0 Å². The second-order valence-electron chi connectivity index (χ2n) is 3.43.